The SMILES string of the molecule is O=C(Nc1cc(Cl)ccc1Cl)c1ccnc(C(=O)NC2CC2)c1. The van der Waals surface area contributed by atoms with Crippen LogP contribution in [0, 0.1) is 0 Å². The lowest BCUT2D eigenvalue weighted by atomic mass is 10.2. The summed E-state index contributed by atoms with van der Waals surface area (Å²) in [6.07, 6.45) is 3.40. The summed E-state index contributed by atoms with van der Waals surface area (Å²) in [5, 5.41) is 6.34. The van der Waals surface area contributed by atoms with Crippen molar-refractivity contribution in [3.63, 3.8) is 0 Å². The Bertz CT molecular complexity index is 776. The number of nitrogens with zero attached hydrogens (tertiary/aromatic N) is 1. The Kier molecular flexibility index (Phi) is 4.50. The van der Waals surface area contributed by atoms with Crippen molar-refractivity contribution in [2.75, 3.05) is 5.32 Å². The molecule has 2 amide bonds. The molecule has 3 rings (SSSR count). The first kappa shape index (κ1) is 15.8. The van der Waals surface area contributed by atoms with Crippen molar-refractivity contribution in [3.05, 3.63) is 57.8 Å². The summed E-state index contributed by atoms with van der Waals surface area (Å²) in [6.45, 7) is 0. The second kappa shape index (κ2) is 6.56. The van der Waals surface area contributed by atoms with Crippen LogP contribution in [0.1, 0.15) is 33.7 Å². The Balaban J connectivity index is 1.76. The highest BCUT2D eigenvalue weighted by atomic mass is 35.5. The fourth-order valence-electron chi connectivity index (χ4n) is 1.97. The first-order valence-electron chi connectivity index (χ1n) is 7.06. The van der Waals surface area contributed by atoms with E-state index >= 15 is 0 Å². The summed E-state index contributed by atoms with van der Waals surface area (Å²) >= 11 is 11.9. The summed E-state index contributed by atoms with van der Waals surface area (Å²) < 4.78 is 0. The van der Waals surface area contributed by atoms with Crippen LogP contribution in [0.25, 0.3) is 0 Å². The van der Waals surface area contributed by atoms with Crippen LogP contribution in [0.2, 0.25) is 10.0 Å². The molecule has 0 radical (unpaired) electrons. The molecule has 0 atom stereocenters. The predicted molar refractivity (Wildman–Crippen MR) is 89.1 cm³/mol. The number of pyridine rings is 1. The molecule has 5 nitrogen and oxygen atoms in total. The highest BCUT2D eigenvalue weighted by Crippen LogP contribution is 2.26. The molecule has 0 aliphatic heterocycles. The first-order chi connectivity index (χ1) is 11.0. The summed E-state index contributed by atoms with van der Waals surface area (Å²) in [7, 11) is 0. The number of halogens is 2. The van der Waals surface area contributed by atoms with Crippen molar-refractivity contribution in [3.8, 4) is 0 Å². The molecular formula is C16H13Cl2N3O2. The van der Waals surface area contributed by atoms with Gasteiger partial charge in [-0.05, 0) is 43.2 Å². The van der Waals surface area contributed by atoms with Gasteiger partial charge in [0.2, 0.25) is 0 Å². The monoisotopic (exact) mass is 349 g/mol. The molecule has 1 aliphatic carbocycles. The number of rotatable bonds is 4. The van der Waals surface area contributed by atoms with Gasteiger partial charge >= 0.3 is 0 Å². The number of hydrogen-bond donors (Lipinski definition) is 2. The minimum atomic E-state index is -0.392. The zero-order chi connectivity index (χ0) is 16.4. The van der Waals surface area contributed by atoms with Gasteiger partial charge in [-0.1, -0.05) is 23.2 Å². The van der Waals surface area contributed by atoms with Gasteiger partial charge in [-0.25, -0.2) is 0 Å². The second-order valence-electron chi connectivity index (χ2n) is 5.26. The van der Waals surface area contributed by atoms with Gasteiger partial charge in [0.1, 0.15) is 5.69 Å². The van der Waals surface area contributed by atoms with Gasteiger partial charge in [0, 0.05) is 22.8 Å². The fourth-order valence-corrected chi connectivity index (χ4v) is 2.31. The van der Waals surface area contributed by atoms with Crippen LogP contribution in [0.5, 0.6) is 0 Å². The van der Waals surface area contributed by atoms with Crippen molar-refractivity contribution in [2.24, 2.45) is 0 Å². The summed E-state index contributed by atoms with van der Waals surface area (Å²) in [5.74, 6) is -0.667. The molecule has 1 aromatic heterocycles. The van der Waals surface area contributed by atoms with Gasteiger partial charge < -0.3 is 10.6 Å². The number of aromatic nitrogens is 1. The maximum atomic E-state index is 12.3. The maximum Gasteiger partial charge on any atom is 0.270 e. The number of anilines is 1. The molecule has 2 N–H and O–H groups in total. The summed E-state index contributed by atoms with van der Waals surface area (Å²) in [5.41, 5.74) is 0.934. The van der Waals surface area contributed by atoms with E-state index in [9.17, 15) is 9.59 Å². The molecule has 0 unspecified atom stereocenters. The van der Waals surface area contributed by atoms with Crippen LogP contribution in [-0.2, 0) is 0 Å². The van der Waals surface area contributed by atoms with Crippen LogP contribution in [-0.4, -0.2) is 22.8 Å². The van der Waals surface area contributed by atoms with Gasteiger partial charge in [0.15, 0.2) is 0 Å². The molecule has 1 heterocycles. The van der Waals surface area contributed by atoms with Crippen LogP contribution in [0.3, 0.4) is 0 Å². The zero-order valence-corrected chi connectivity index (χ0v) is 13.5. The Morgan fingerprint density at radius 2 is 1.87 bits per heavy atom. The molecule has 1 saturated carbocycles. The quantitative estimate of drug-likeness (QED) is 0.886. The van der Waals surface area contributed by atoms with Crippen LogP contribution < -0.4 is 10.6 Å². The topological polar surface area (TPSA) is 71.1 Å². The fraction of sp³-hybridized carbons (Fsp3) is 0.188. The third-order valence-corrected chi connectivity index (χ3v) is 3.91. The molecule has 1 aliphatic rings. The average molecular weight is 350 g/mol. The molecule has 0 spiro atoms. The molecule has 1 fully saturated rings. The third kappa shape index (κ3) is 4.00. The smallest absolute Gasteiger partial charge is 0.270 e. The highest BCUT2D eigenvalue weighted by molar-refractivity contribution is 6.35. The minimum Gasteiger partial charge on any atom is -0.348 e. The van der Waals surface area contributed by atoms with E-state index in [-0.39, 0.29) is 17.6 Å². The Labute approximate surface area is 143 Å². The summed E-state index contributed by atoms with van der Waals surface area (Å²) in [6, 6.07) is 8.00. The van der Waals surface area contributed by atoms with Gasteiger partial charge in [-0.3, -0.25) is 14.6 Å². The van der Waals surface area contributed by atoms with Crippen molar-refractivity contribution in [1.29, 1.82) is 0 Å². The van der Waals surface area contributed by atoms with E-state index in [1.165, 1.54) is 18.3 Å². The van der Waals surface area contributed by atoms with E-state index < -0.39 is 5.91 Å². The van der Waals surface area contributed by atoms with E-state index in [1.807, 2.05) is 0 Å². The van der Waals surface area contributed by atoms with Gasteiger partial charge in [0.25, 0.3) is 11.8 Å². The van der Waals surface area contributed by atoms with Crippen LogP contribution >= 0.6 is 23.2 Å². The molecule has 118 valence electrons. The Morgan fingerprint density at radius 1 is 1.09 bits per heavy atom. The standard InChI is InChI=1S/C16H13Cl2N3O2/c17-10-1-4-12(18)13(8-10)21-15(22)9-5-6-19-14(7-9)16(23)20-11-2-3-11/h1,4-8,11H,2-3H2,(H,20,23)(H,21,22). The molecule has 2 aromatic rings. The van der Waals surface area contributed by atoms with Crippen LogP contribution in [0.4, 0.5) is 5.69 Å². The lowest BCUT2D eigenvalue weighted by Gasteiger charge is -2.08. The first-order valence-corrected chi connectivity index (χ1v) is 7.82. The maximum absolute atomic E-state index is 12.3. The molecule has 7 heteroatoms. The van der Waals surface area contributed by atoms with Gasteiger partial charge in [-0.15, -0.1) is 0 Å². The van der Waals surface area contributed by atoms with Crippen molar-refractivity contribution >= 4 is 40.7 Å². The van der Waals surface area contributed by atoms with E-state index in [2.05, 4.69) is 15.6 Å². The molecule has 23 heavy (non-hydrogen) atoms. The molecule has 1 aromatic carbocycles. The number of nitrogens with one attached hydrogen (secondary N) is 2. The summed E-state index contributed by atoms with van der Waals surface area (Å²) in [4.78, 5) is 28.3. The largest absolute Gasteiger partial charge is 0.348 e. The Hall–Kier alpha value is -2.11. The second-order valence-corrected chi connectivity index (χ2v) is 6.10. The number of hydrogen-bond acceptors (Lipinski definition) is 3. The average Bonchev–Trinajstić information content (AvgIpc) is 3.35. The highest BCUT2D eigenvalue weighted by Gasteiger charge is 2.24. The molecule has 0 saturated heterocycles. The van der Waals surface area contributed by atoms with E-state index in [1.54, 1.807) is 18.2 Å². The molecule has 0 bridgehead atoms. The van der Waals surface area contributed by atoms with Crippen molar-refractivity contribution in [2.45, 2.75) is 18.9 Å². The zero-order valence-electron chi connectivity index (χ0n) is 12.0. The predicted octanol–water partition coefficient (Wildman–Crippen LogP) is 3.53. The van der Waals surface area contributed by atoms with Crippen molar-refractivity contribution < 1.29 is 9.59 Å². The van der Waals surface area contributed by atoms with Crippen molar-refractivity contribution in [1.82, 2.24) is 10.3 Å². The lowest BCUT2D eigenvalue weighted by Crippen LogP contribution is -2.26. The Morgan fingerprint density at radius 3 is 2.61 bits per heavy atom. The van der Waals surface area contributed by atoms with Gasteiger partial charge in [0.05, 0.1) is 10.7 Å². The number of benzene rings is 1. The van der Waals surface area contributed by atoms with E-state index in [4.69, 9.17) is 23.2 Å². The van der Waals surface area contributed by atoms with Gasteiger partial charge in [-0.2, -0.15) is 0 Å². The van der Waals surface area contributed by atoms with E-state index in [0.717, 1.165) is 12.8 Å². The normalized spacial score (nSPS) is 13.5. The number of amides is 2. The molecular weight excluding hydrogens is 337 g/mol. The van der Waals surface area contributed by atoms with E-state index in [0.29, 0.717) is 21.3 Å². The minimum absolute atomic E-state index is 0.210. The van der Waals surface area contributed by atoms with Crippen LogP contribution in [0.15, 0.2) is 36.5 Å². The third-order valence-electron chi connectivity index (χ3n) is 3.34. The number of carbonyl (C=O) groups excluding carboxylic acids is 2. The lowest BCUT2D eigenvalue weighted by molar-refractivity contribution is 0.0946. The number of carbonyl (C=O) groups is 2.